The first-order valence-electron chi connectivity index (χ1n) is 6.91. The molecule has 1 heterocycles. The monoisotopic (exact) mass is 315 g/mol. The van der Waals surface area contributed by atoms with E-state index in [0.29, 0.717) is 0 Å². The summed E-state index contributed by atoms with van der Waals surface area (Å²) in [6.45, 7) is 2.02. The Morgan fingerprint density at radius 2 is 2.00 bits per heavy atom. The molecule has 2 aromatic rings. The Hall–Kier alpha value is -2.14. The number of carbonyl (C=O) groups is 1. The summed E-state index contributed by atoms with van der Waals surface area (Å²) >= 11 is 1.77. The van der Waals surface area contributed by atoms with Gasteiger partial charge in [-0.3, -0.25) is 0 Å². The highest BCUT2D eigenvalue weighted by Crippen LogP contribution is 2.31. The molecule has 0 unspecified atom stereocenters. The van der Waals surface area contributed by atoms with E-state index in [2.05, 4.69) is 17.3 Å². The minimum absolute atomic E-state index is 0.278. The van der Waals surface area contributed by atoms with E-state index in [-0.39, 0.29) is 5.56 Å². The van der Waals surface area contributed by atoms with Gasteiger partial charge in [-0.15, -0.1) is 11.8 Å². The zero-order chi connectivity index (χ0) is 15.5. The number of benzene rings is 2. The topological polar surface area (TPSA) is 38.7 Å². The highest BCUT2D eigenvalue weighted by molar-refractivity contribution is 7.99. The van der Waals surface area contributed by atoms with Crippen LogP contribution in [0.5, 0.6) is 0 Å². The van der Waals surface area contributed by atoms with Crippen LogP contribution in [-0.2, 0) is 4.84 Å². The van der Waals surface area contributed by atoms with Crippen molar-refractivity contribution < 1.29 is 14.0 Å². The lowest BCUT2D eigenvalue weighted by Gasteiger charge is -2.17. The normalized spacial score (nSPS) is 15.5. The molecule has 3 nitrogen and oxygen atoms in total. The van der Waals surface area contributed by atoms with Crippen molar-refractivity contribution in [3.05, 3.63) is 65.0 Å². The Bertz CT molecular complexity index is 741. The van der Waals surface area contributed by atoms with E-state index in [9.17, 15) is 9.18 Å². The van der Waals surface area contributed by atoms with E-state index >= 15 is 0 Å². The SMILES string of the molecule is Cc1ccc2c(c1)/C(=N\OC(=O)c1ccc(F)cc1)CCS2. The van der Waals surface area contributed by atoms with Gasteiger partial charge in [0.15, 0.2) is 0 Å². The van der Waals surface area contributed by atoms with Crippen molar-refractivity contribution in [3.63, 3.8) is 0 Å². The second-order valence-electron chi connectivity index (χ2n) is 5.02. The summed E-state index contributed by atoms with van der Waals surface area (Å²) in [5, 5.41) is 4.02. The first kappa shape index (κ1) is 14.8. The fourth-order valence-corrected chi connectivity index (χ4v) is 3.23. The van der Waals surface area contributed by atoms with Crippen LogP contribution in [0.1, 0.15) is 27.9 Å². The van der Waals surface area contributed by atoms with Crippen molar-refractivity contribution >= 4 is 23.4 Å². The fourth-order valence-electron chi connectivity index (χ4n) is 2.22. The van der Waals surface area contributed by atoms with Crippen LogP contribution in [0, 0.1) is 12.7 Å². The van der Waals surface area contributed by atoms with Gasteiger partial charge in [0.2, 0.25) is 0 Å². The summed E-state index contributed by atoms with van der Waals surface area (Å²) in [6.07, 6.45) is 0.748. The van der Waals surface area contributed by atoms with E-state index in [4.69, 9.17) is 4.84 Å². The average Bonchev–Trinajstić information content (AvgIpc) is 2.53. The first-order valence-corrected chi connectivity index (χ1v) is 7.89. The van der Waals surface area contributed by atoms with Gasteiger partial charge < -0.3 is 4.84 Å². The highest BCUT2D eigenvalue weighted by Gasteiger charge is 2.17. The number of hydrogen-bond acceptors (Lipinski definition) is 4. The summed E-state index contributed by atoms with van der Waals surface area (Å²) in [5.41, 5.74) is 3.20. The summed E-state index contributed by atoms with van der Waals surface area (Å²) in [4.78, 5) is 18.1. The number of oxime groups is 1. The maximum Gasteiger partial charge on any atom is 0.365 e. The van der Waals surface area contributed by atoms with Crippen molar-refractivity contribution in [2.24, 2.45) is 5.16 Å². The van der Waals surface area contributed by atoms with Crippen LogP contribution in [0.3, 0.4) is 0 Å². The molecule has 0 amide bonds. The largest absolute Gasteiger partial charge is 0.365 e. The molecule has 22 heavy (non-hydrogen) atoms. The smallest absolute Gasteiger partial charge is 0.313 e. The summed E-state index contributed by atoms with van der Waals surface area (Å²) in [6, 6.07) is 11.4. The van der Waals surface area contributed by atoms with Gasteiger partial charge in [-0.05, 0) is 43.3 Å². The van der Waals surface area contributed by atoms with Gasteiger partial charge in [-0.1, -0.05) is 16.8 Å². The second kappa shape index (κ2) is 6.32. The van der Waals surface area contributed by atoms with Crippen molar-refractivity contribution in [2.75, 3.05) is 5.75 Å². The number of nitrogens with zero attached hydrogens (tertiary/aromatic N) is 1. The molecule has 0 bridgehead atoms. The number of carbonyl (C=O) groups excluding carboxylic acids is 1. The second-order valence-corrected chi connectivity index (χ2v) is 6.16. The van der Waals surface area contributed by atoms with E-state index in [1.54, 1.807) is 11.8 Å². The molecular weight excluding hydrogens is 301 g/mol. The number of hydrogen-bond donors (Lipinski definition) is 0. The highest BCUT2D eigenvalue weighted by atomic mass is 32.2. The number of rotatable bonds is 2. The van der Waals surface area contributed by atoms with E-state index in [1.807, 2.05) is 13.0 Å². The molecule has 5 heteroatoms. The number of aryl methyl sites for hydroxylation is 1. The van der Waals surface area contributed by atoms with E-state index in [0.717, 1.165) is 33.9 Å². The van der Waals surface area contributed by atoms with Crippen LogP contribution in [0.2, 0.25) is 0 Å². The van der Waals surface area contributed by atoms with Crippen LogP contribution >= 0.6 is 11.8 Å². The molecule has 0 saturated heterocycles. The third kappa shape index (κ3) is 3.20. The van der Waals surface area contributed by atoms with Gasteiger partial charge in [-0.25, -0.2) is 9.18 Å². The molecular formula is C17H14FNO2S. The molecule has 0 spiro atoms. The quantitative estimate of drug-likeness (QED) is 0.616. The molecule has 1 aliphatic heterocycles. The Balaban J connectivity index is 1.80. The predicted molar refractivity (Wildman–Crippen MR) is 84.9 cm³/mol. The van der Waals surface area contributed by atoms with Crippen molar-refractivity contribution in [3.8, 4) is 0 Å². The zero-order valence-electron chi connectivity index (χ0n) is 12.0. The molecule has 0 radical (unpaired) electrons. The Morgan fingerprint density at radius 3 is 2.77 bits per heavy atom. The van der Waals surface area contributed by atoms with Gasteiger partial charge in [0.05, 0.1) is 11.3 Å². The van der Waals surface area contributed by atoms with Gasteiger partial charge in [0.25, 0.3) is 0 Å². The molecule has 0 fully saturated rings. The maximum absolute atomic E-state index is 12.8. The maximum atomic E-state index is 12.8. The van der Waals surface area contributed by atoms with Crippen molar-refractivity contribution in [2.45, 2.75) is 18.2 Å². The predicted octanol–water partition coefficient (Wildman–Crippen LogP) is 4.19. The molecule has 112 valence electrons. The van der Waals surface area contributed by atoms with Crippen molar-refractivity contribution in [1.29, 1.82) is 0 Å². The third-order valence-corrected chi connectivity index (χ3v) is 4.44. The average molecular weight is 315 g/mol. The van der Waals surface area contributed by atoms with E-state index in [1.165, 1.54) is 24.3 Å². The molecule has 2 aromatic carbocycles. The molecule has 0 atom stereocenters. The lowest BCUT2D eigenvalue weighted by molar-refractivity contribution is 0.0515. The summed E-state index contributed by atoms with van der Waals surface area (Å²) < 4.78 is 12.8. The molecule has 0 saturated carbocycles. The number of halogens is 1. The first-order chi connectivity index (χ1) is 10.6. The molecule has 0 aromatic heterocycles. The fraction of sp³-hybridized carbons (Fsp3) is 0.176. The lowest BCUT2D eigenvalue weighted by atomic mass is 10.1. The van der Waals surface area contributed by atoms with Gasteiger partial charge in [-0.2, -0.15) is 0 Å². The Kier molecular flexibility index (Phi) is 4.24. The lowest BCUT2D eigenvalue weighted by Crippen LogP contribution is -2.12. The van der Waals surface area contributed by atoms with Crippen LogP contribution < -0.4 is 0 Å². The van der Waals surface area contributed by atoms with Crippen LogP contribution in [0.25, 0.3) is 0 Å². The molecule has 1 aliphatic rings. The third-order valence-electron chi connectivity index (χ3n) is 3.36. The van der Waals surface area contributed by atoms with Crippen LogP contribution in [0.15, 0.2) is 52.5 Å². The molecule has 3 rings (SSSR count). The standard InChI is InChI=1S/C17H14FNO2S/c1-11-2-7-16-14(10-11)15(8-9-22-16)19-21-17(20)12-3-5-13(18)6-4-12/h2-7,10H,8-9H2,1H3/b19-15-. The summed E-state index contributed by atoms with van der Waals surface area (Å²) in [5.74, 6) is -0.0697. The van der Waals surface area contributed by atoms with E-state index < -0.39 is 11.8 Å². The molecule has 0 aliphatic carbocycles. The molecule has 0 N–H and O–H groups in total. The Labute approximate surface area is 132 Å². The minimum atomic E-state index is -0.583. The minimum Gasteiger partial charge on any atom is -0.313 e. The number of thioether (sulfide) groups is 1. The van der Waals surface area contributed by atoms with Gasteiger partial charge in [0, 0.05) is 22.6 Å². The Morgan fingerprint density at radius 1 is 1.23 bits per heavy atom. The van der Waals surface area contributed by atoms with Gasteiger partial charge in [0.1, 0.15) is 5.82 Å². The van der Waals surface area contributed by atoms with Crippen LogP contribution in [-0.4, -0.2) is 17.4 Å². The van der Waals surface area contributed by atoms with Crippen LogP contribution in [0.4, 0.5) is 4.39 Å². The van der Waals surface area contributed by atoms with Gasteiger partial charge >= 0.3 is 5.97 Å². The number of fused-ring (bicyclic) bond motifs is 1. The zero-order valence-corrected chi connectivity index (χ0v) is 12.8. The summed E-state index contributed by atoms with van der Waals surface area (Å²) in [7, 11) is 0. The van der Waals surface area contributed by atoms with Crippen molar-refractivity contribution in [1.82, 2.24) is 0 Å².